The summed E-state index contributed by atoms with van der Waals surface area (Å²) in [6.45, 7) is 6.15. The van der Waals surface area contributed by atoms with E-state index in [0.717, 1.165) is 67.0 Å². The van der Waals surface area contributed by atoms with Gasteiger partial charge in [-0.05, 0) is 76.8 Å². The topological polar surface area (TPSA) is 123 Å². The average Bonchev–Trinajstić information content (AvgIpc) is 3.76. The maximum Gasteiger partial charge on any atom is 0.255 e. The van der Waals surface area contributed by atoms with Gasteiger partial charge in [0.25, 0.3) is 5.91 Å². The highest BCUT2D eigenvalue weighted by Gasteiger charge is 2.46. The maximum absolute atomic E-state index is 13.5. The number of anilines is 1. The Balaban J connectivity index is 0.732. The molecule has 11 heteroatoms. The molecule has 0 radical (unpaired) electrons. The SMILES string of the molecule is O=C1CCC(N2Cc3cc4c(cc3C2=O)CN(C(=O)CN2CC3(CCN(c5ccc(C6c7ccc(O)cc7OCC6c6ccccc6)cc5)CC3)C2)C4)C(=O)N1. The third kappa shape index (κ3) is 6.09. The number of nitrogens with zero attached hydrogens (tertiary/aromatic N) is 4. The van der Waals surface area contributed by atoms with Crippen molar-refractivity contribution >= 4 is 29.3 Å². The molecule has 1 spiro atoms. The van der Waals surface area contributed by atoms with Crippen LogP contribution in [0.3, 0.4) is 0 Å². The third-order valence-electron chi connectivity index (χ3n) is 13.2. The number of phenolic OH excluding ortho intramolecular Hbond substituents is 1. The lowest BCUT2D eigenvalue weighted by molar-refractivity contribution is -0.138. The van der Waals surface area contributed by atoms with Crippen molar-refractivity contribution in [1.82, 2.24) is 20.0 Å². The van der Waals surface area contributed by atoms with Crippen LogP contribution in [0.25, 0.3) is 0 Å². The fourth-order valence-corrected chi connectivity index (χ4v) is 10.2. The Morgan fingerprint density at radius 2 is 1.59 bits per heavy atom. The molecule has 0 aromatic heterocycles. The lowest BCUT2D eigenvalue weighted by atomic mass is 9.72. The normalized spacial score (nSPS) is 24.0. The Hall–Kier alpha value is -5.68. The van der Waals surface area contributed by atoms with E-state index in [1.165, 1.54) is 16.8 Å². The van der Waals surface area contributed by atoms with E-state index in [1.807, 2.05) is 29.2 Å². The number of piperidine rings is 2. The summed E-state index contributed by atoms with van der Waals surface area (Å²) >= 11 is 0. The zero-order chi connectivity index (χ0) is 38.1. The van der Waals surface area contributed by atoms with Crippen LogP contribution in [0.5, 0.6) is 11.5 Å². The number of carbonyl (C=O) groups is 4. The summed E-state index contributed by atoms with van der Waals surface area (Å²) in [5, 5.41) is 12.5. The van der Waals surface area contributed by atoms with Gasteiger partial charge in [0, 0.05) is 87.0 Å². The van der Waals surface area contributed by atoms with E-state index >= 15 is 0 Å². The summed E-state index contributed by atoms with van der Waals surface area (Å²) in [6.07, 6.45) is 2.76. The number of amides is 4. The van der Waals surface area contributed by atoms with Gasteiger partial charge in [0.2, 0.25) is 17.7 Å². The van der Waals surface area contributed by atoms with E-state index in [1.54, 1.807) is 17.0 Å². The fraction of sp³-hybridized carbons (Fsp3) is 0.378. The van der Waals surface area contributed by atoms with Crippen molar-refractivity contribution in [1.29, 1.82) is 0 Å². The van der Waals surface area contributed by atoms with Gasteiger partial charge in [0.05, 0.1) is 13.2 Å². The first-order chi connectivity index (χ1) is 27.2. The van der Waals surface area contributed by atoms with E-state index in [-0.39, 0.29) is 47.1 Å². The molecule has 6 heterocycles. The molecule has 0 aliphatic carbocycles. The highest BCUT2D eigenvalue weighted by molar-refractivity contribution is 6.05. The lowest BCUT2D eigenvalue weighted by Crippen LogP contribution is -2.61. The number of phenols is 1. The summed E-state index contributed by atoms with van der Waals surface area (Å²) in [7, 11) is 0. The largest absolute Gasteiger partial charge is 0.508 e. The van der Waals surface area contributed by atoms with Crippen LogP contribution in [0, 0.1) is 5.41 Å². The number of nitrogens with one attached hydrogen (secondary N) is 1. The number of imide groups is 1. The van der Waals surface area contributed by atoms with Crippen molar-refractivity contribution < 1.29 is 29.0 Å². The van der Waals surface area contributed by atoms with Gasteiger partial charge in [-0.15, -0.1) is 0 Å². The number of ether oxygens (including phenoxy) is 1. The zero-order valence-corrected chi connectivity index (χ0v) is 31.3. The summed E-state index contributed by atoms with van der Waals surface area (Å²) in [6, 6.07) is 28.3. The summed E-state index contributed by atoms with van der Waals surface area (Å²) in [4.78, 5) is 59.1. The molecule has 2 N–H and O–H groups in total. The Labute approximate surface area is 325 Å². The van der Waals surface area contributed by atoms with Crippen LogP contribution in [0.2, 0.25) is 0 Å². The van der Waals surface area contributed by atoms with Gasteiger partial charge < -0.3 is 24.5 Å². The number of likely N-dealkylation sites (tertiary alicyclic amines) is 1. The molecular formula is C45H45N5O6. The molecule has 4 amide bonds. The number of carbonyl (C=O) groups excluding carboxylic acids is 4. The van der Waals surface area contributed by atoms with E-state index < -0.39 is 11.9 Å². The predicted octanol–water partition coefficient (Wildman–Crippen LogP) is 4.91. The Kier molecular flexibility index (Phi) is 8.39. The fourth-order valence-electron chi connectivity index (χ4n) is 10.2. The molecule has 56 heavy (non-hydrogen) atoms. The number of fused-ring (bicyclic) bond motifs is 3. The van der Waals surface area contributed by atoms with Crippen LogP contribution in [0.1, 0.15) is 81.3 Å². The smallest absolute Gasteiger partial charge is 0.255 e. The molecule has 6 aliphatic rings. The van der Waals surface area contributed by atoms with Gasteiger partial charge in [-0.3, -0.25) is 29.4 Å². The van der Waals surface area contributed by atoms with Crippen molar-refractivity contribution in [3.8, 4) is 11.5 Å². The molecule has 3 unspecified atom stereocenters. The second kappa shape index (κ2) is 13.5. The van der Waals surface area contributed by atoms with Crippen LogP contribution in [-0.2, 0) is 34.0 Å². The van der Waals surface area contributed by atoms with Crippen LogP contribution in [0.15, 0.2) is 84.9 Å². The van der Waals surface area contributed by atoms with Crippen molar-refractivity contribution in [2.75, 3.05) is 44.2 Å². The molecule has 10 rings (SSSR count). The van der Waals surface area contributed by atoms with Gasteiger partial charge in [0.1, 0.15) is 17.5 Å². The third-order valence-corrected chi connectivity index (χ3v) is 13.2. The predicted molar refractivity (Wildman–Crippen MR) is 208 cm³/mol. The van der Waals surface area contributed by atoms with Gasteiger partial charge >= 0.3 is 0 Å². The summed E-state index contributed by atoms with van der Waals surface area (Å²) < 4.78 is 6.17. The first-order valence-corrected chi connectivity index (χ1v) is 19.9. The summed E-state index contributed by atoms with van der Waals surface area (Å²) in [5.41, 5.74) is 8.58. The zero-order valence-electron chi connectivity index (χ0n) is 31.3. The van der Waals surface area contributed by atoms with E-state index in [4.69, 9.17) is 4.74 Å². The molecule has 0 saturated carbocycles. The highest BCUT2D eigenvalue weighted by atomic mass is 16.5. The first-order valence-electron chi connectivity index (χ1n) is 19.9. The molecule has 3 atom stereocenters. The lowest BCUT2D eigenvalue weighted by Gasteiger charge is -2.54. The van der Waals surface area contributed by atoms with Gasteiger partial charge in [-0.25, -0.2) is 0 Å². The molecule has 11 nitrogen and oxygen atoms in total. The maximum atomic E-state index is 13.5. The summed E-state index contributed by atoms with van der Waals surface area (Å²) in [5.74, 6) is 0.461. The number of aromatic hydroxyl groups is 1. The minimum atomic E-state index is -0.632. The van der Waals surface area contributed by atoms with Crippen LogP contribution in [-0.4, -0.2) is 88.8 Å². The van der Waals surface area contributed by atoms with Gasteiger partial charge in [0.15, 0.2) is 0 Å². The van der Waals surface area contributed by atoms with Crippen molar-refractivity contribution in [2.24, 2.45) is 5.41 Å². The number of hydrogen-bond acceptors (Lipinski definition) is 8. The Bertz CT molecular complexity index is 2240. The minimum Gasteiger partial charge on any atom is -0.508 e. The van der Waals surface area contributed by atoms with Gasteiger partial charge in [-0.1, -0.05) is 54.6 Å². The second-order valence-corrected chi connectivity index (χ2v) is 16.7. The molecule has 4 aromatic rings. The highest BCUT2D eigenvalue weighted by Crippen LogP contribution is 2.48. The number of benzene rings is 4. The van der Waals surface area contributed by atoms with Crippen molar-refractivity contribution in [3.63, 3.8) is 0 Å². The number of rotatable bonds is 6. The Morgan fingerprint density at radius 3 is 2.34 bits per heavy atom. The second-order valence-electron chi connectivity index (χ2n) is 16.7. The first kappa shape index (κ1) is 34.8. The standard InChI is InChI=1S/C45H45N5O6/c51-34-10-11-35-39(20-34)56-25-37(28-4-2-1-3-5-28)42(35)29-6-8-33(9-7-29)48-16-14-45(15-17-48)26-47(27-45)24-41(53)49-21-30-18-32-23-50(38-12-13-40(52)46-43(38)54)44(55)36(32)19-31(30)22-49/h1-11,18-20,37-38,42,51H,12-17,21-27H2,(H,46,52,54). The molecule has 6 aliphatic heterocycles. The van der Waals surface area contributed by atoms with E-state index in [0.29, 0.717) is 44.8 Å². The van der Waals surface area contributed by atoms with Crippen LogP contribution < -0.4 is 15.0 Å². The quantitative estimate of drug-likeness (QED) is 0.267. The van der Waals surface area contributed by atoms with E-state index in [2.05, 4.69) is 63.6 Å². The van der Waals surface area contributed by atoms with Crippen LogP contribution in [0.4, 0.5) is 5.69 Å². The van der Waals surface area contributed by atoms with Crippen molar-refractivity contribution in [2.45, 2.75) is 63.2 Å². The molecule has 3 fully saturated rings. The van der Waals surface area contributed by atoms with Crippen molar-refractivity contribution in [3.05, 3.63) is 124 Å². The molecule has 3 saturated heterocycles. The molecule has 4 aromatic carbocycles. The van der Waals surface area contributed by atoms with E-state index in [9.17, 15) is 24.3 Å². The number of hydrogen-bond donors (Lipinski definition) is 2. The monoisotopic (exact) mass is 751 g/mol. The minimum absolute atomic E-state index is 0.113. The van der Waals surface area contributed by atoms with Crippen LogP contribution >= 0.6 is 0 Å². The average molecular weight is 752 g/mol. The van der Waals surface area contributed by atoms with Gasteiger partial charge in [-0.2, -0.15) is 0 Å². The molecular weight excluding hydrogens is 707 g/mol. The molecule has 286 valence electrons. The molecule has 0 bridgehead atoms. The Morgan fingerprint density at radius 1 is 0.839 bits per heavy atom.